The molecule has 1 aromatic carbocycles. The van der Waals surface area contributed by atoms with E-state index in [1.165, 1.54) is 11.8 Å². The first-order valence-corrected chi connectivity index (χ1v) is 9.43. The van der Waals surface area contributed by atoms with Crippen LogP contribution in [0.25, 0.3) is 6.08 Å². The van der Waals surface area contributed by atoms with Crippen LogP contribution >= 0.6 is 50.3 Å². The number of rotatable bonds is 2. The molecule has 3 rings (SSSR count). The highest BCUT2D eigenvalue weighted by atomic mass is 127. The van der Waals surface area contributed by atoms with E-state index in [-0.39, 0.29) is 5.91 Å². The summed E-state index contributed by atoms with van der Waals surface area (Å²) in [5.41, 5.74) is 3.04. The molecule has 1 saturated heterocycles. The molecular formula is C16H12BrIN2O2S. The van der Waals surface area contributed by atoms with E-state index in [2.05, 4.69) is 48.8 Å². The fraction of sp³-hybridized carbons (Fsp3) is 0.125. The van der Waals surface area contributed by atoms with Crippen LogP contribution in [0.1, 0.15) is 16.9 Å². The Bertz CT molecular complexity index is 835. The summed E-state index contributed by atoms with van der Waals surface area (Å²) in [6.45, 7) is 4.04. The number of hydrogen-bond acceptors (Lipinski definition) is 4. The van der Waals surface area contributed by atoms with E-state index in [0.717, 1.165) is 25.1 Å². The van der Waals surface area contributed by atoms with Gasteiger partial charge in [-0.3, -0.25) is 4.79 Å². The lowest BCUT2D eigenvalue weighted by molar-refractivity contribution is -0.115. The molecule has 4 nitrogen and oxygen atoms in total. The first-order valence-electron chi connectivity index (χ1n) is 6.74. The van der Waals surface area contributed by atoms with E-state index in [1.54, 1.807) is 6.08 Å². The van der Waals surface area contributed by atoms with Crippen LogP contribution in [0.4, 0.5) is 5.69 Å². The van der Waals surface area contributed by atoms with Gasteiger partial charge >= 0.3 is 0 Å². The number of halogens is 2. The van der Waals surface area contributed by atoms with Crippen LogP contribution in [-0.4, -0.2) is 11.1 Å². The van der Waals surface area contributed by atoms with Gasteiger partial charge in [0.25, 0.3) is 5.91 Å². The quantitative estimate of drug-likeness (QED) is 0.456. The number of benzene rings is 1. The Hall–Kier alpha value is -1.06. The van der Waals surface area contributed by atoms with Crippen LogP contribution in [0, 0.1) is 17.6 Å². The van der Waals surface area contributed by atoms with Crippen molar-refractivity contribution in [2.24, 2.45) is 4.99 Å². The highest BCUT2D eigenvalue weighted by Gasteiger charge is 2.24. The lowest BCUT2D eigenvalue weighted by atomic mass is 10.1. The molecule has 23 heavy (non-hydrogen) atoms. The number of thioether (sulfide) groups is 1. The van der Waals surface area contributed by atoms with Crippen LogP contribution in [0.3, 0.4) is 0 Å². The molecule has 2 aromatic rings. The fourth-order valence-corrected chi connectivity index (χ4v) is 3.61. The van der Waals surface area contributed by atoms with Gasteiger partial charge in [0.05, 0.1) is 10.6 Å². The number of amides is 1. The summed E-state index contributed by atoms with van der Waals surface area (Å²) in [6.07, 6.45) is 1.72. The van der Waals surface area contributed by atoms with Gasteiger partial charge in [0.1, 0.15) is 5.76 Å². The van der Waals surface area contributed by atoms with Crippen molar-refractivity contribution < 1.29 is 9.21 Å². The Morgan fingerprint density at radius 2 is 2.00 bits per heavy atom. The van der Waals surface area contributed by atoms with Crippen LogP contribution in [0.15, 0.2) is 43.1 Å². The predicted molar refractivity (Wildman–Crippen MR) is 106 cm³/mol. The summed E-state index contributed by atoms with van der Waals surface area (Å²) >= 11 is 6.94. The predicted octanol–water partition coefficient (Wildman–Crippen LogP) is 5.16. The number of aliphatic imine (C=N–C) groups is 1. The normalized spacial score (nSPS) is 18.0. The highest BCUT2D eigenvalue weighted by Crippen LogP contribution is 2.31. The van der Waals surface area contributed by atoms with Gasteiger partial charge in [-0.15, -0.1) is 0 Å². The van der Waals surface area contributed by atoms with E-state index >= 15 is 0 Å². The molecule has 1 aliphatic heterocycles. The fourth-order valence-electron chi connectivity index (χ4n) is 2.12. The Kier molecular flexibility index (Phi) is 4.98. The third-order valence-corrected chi connectivity index (χ3v) is 5.91. The second-order valence-electron chi connectivity index (χ2n) is 5.02. The van der Waals surface area contributed by atoms with Gasteiger partial charge in [0.2, 0.25) is 0 Å². The molecule has 118 valence electrons. The molecule has 2 heterocycles. The molecule has 1 amide bonds. The summed E-state index contributed by atoms with van der Waals surface area (Å²) in [5.74, 6) is 0.495. The number of aryl methyl sites for hydroxylation is 2. The molecule has 0 atom stereocenters. The number of nitrogens with zero attached hydrogens (tertiary/aromatic N) is 1. The van der Waals surface area contributed by atoms with Gasteiger partial charge in [0.15, 0.2) is 8.93 Å². The number of amidine groups is 1. The lowest BCUT2D eigenvalue weighted by Gasteiger charge is -2.04. The maximum absolute atomic E-state index is 12.0. The zero-order valence-electron chi connectivity index (χ0n) is 12.3. The standard InChI is InChI=1S/C16H12BrIN2O2S/c1-8-5-10(6-9(2)14(8)17)19-16-20-15(21)12(23-16)7-11-3-4-13(18)22-11/h3-7H,1-2H3,(H,19,20,21)/b12-7-. The van der Waals surface area contributed by atoms with Crippen molar-refractivity contribution in [3.8, 4) is 0 Å². The minimum absolute atomic E-state index is 0.161. The third-order valence-electron chi connectivity index (χ3n) is 3.17. The summed E-state index contributed by atoms with van der Waals surface area (Å²) in [7, 11) is 0. The molecule has 0 aliphatic carbocycles. The topological polar surface area (TPSA) is 54.6 Å². The number of nitrogens with one attached hydrogen (secondary N) is 1. The van der Waals surface area contributed by atoms with E-state index in [4.69, 9.17) is 4.42 Å². The van der Waals surface area contributed by atoms with Crippen molar-refractivity contribution in [1.29, 1.82) is 0 Å². The second kappa shape index (κ2) is 6.82. The molecule has 0 saturated carbocycles. The Balaban J connectivity index is 1.86. The Morgan fingerprint density at radius 1 is 1.30 bits per heavy atom. The average Bonchev–Trinajstić information content (AvgIpc) is 3.03. The van der Waals surface area contributed by atoms with Gasteiger partial charge in [0, 0.05) is 10.5 Å². The molecular weight excluding hydrogens is 491 g/mol. The molecule has 0 radical (unpaired) electrons. The van der Waals surface area contributed by atoms with Crippen molar-refractivity contribution in [2.75, 3.05) is 0 Å². The SMILES string of the molecule is Cc1cc(N=C2NC(=O)/C(=C/c3ccc(I)o3)S2)cc(C)c1Br. The molecule has 0 spiro atoms. The minimum atomic E-state index is -0.161. The molecule has 0 unspecified atom stereocenters. The lowest BCUT2D eigenvalue weighted by Crippen LogP contribution is -2.19. The average molecular weight is 503 g/mol. The maximum Gasteiger partial charge on any atom is 0.264 e. The van der Waals surface area contributed by atoms with Gasteiger partial charge in [-0.2, -0.15) is 0 Å². The number of furan rings is 1. The van der Waals surface area contributed by atoms with Crippen LogP contribution in [0.2, 0.25) is 0 Å². The Labute approximate surface area is 160 Å². The maximum atomic E-state index is 12.0. The molecule has 1 aromatic heterocycles. The summed E-state index contributed by atoms with van der Waals surface area (Å²) in [6, 6.07) is 7.65. The highest BCUT2D eigenvalue weighted by molar-refractivity contribution is 14.1. The van der Waals surface area contributed by atoms with Crippen LogP contribution in [0.5, 0.6) is 0 Å². The van der Waals surface area contributed by atoms with E-state index in [0.29, 0.717) is 15.8 Å². The first kappa shape index (κ1) is 16.8. The number of carbonyl (C=O) groups excluding carboxylic acids is 1. The Morgan fingerprint density at radius 3 is 2.61 bits per heavy atom. The summed E-state index contributed by atoms with van der Waals surface area (Å²) in [4.78, 5) is 17.1. The smallest absolute Gasteiger partial charge is 0.264 e. The first-order chi connectivity index (χ1) is 10.9. The third kappa shape index (κ3) is 3.89. The van der Waals surface area contributed by atoms with Gasteiger partial charge in [-0.25, -0.2) is 4.99 Å². The van der Waals surface area contributed by atoms with Crippen molar-refractivity contribution in [3.05, 3.63) is 54.3 Å². The minimum Gasteiger partial charge on any atom is -0.451 e. The van der Waals surface area contributed by atoms with Crippen LogP contribution in [-0.2, 0) is 4.79 Å². The van der Waals surface area contributed by atoms with E-state index < -0.39 is 0 Å². The number of carbonyl (C=O) groups is 1. The van der Waals surface area contributed by atoms with E-state index in [9.17, 15) is 4.79 Å². The molecule has 1 fully saturated rings. The zero-order valence-corrected chi connectivity index (χ0v) is 16.9. The van der Waals surface area contributed by atoms with E-state index in [1.807, 2.05) is 38.1 Å². The van der Waals surface area contributed by atoms with Crippen LogP contribution < -0.4 is 5.32 Å². The number of hydrogen-bond donors (Lipinski definition) is 1. The monoisotopic (exact) mass is 502 g/mol. The molecule has 1 aliphatic rings. The molecule has 1 N–H and O–H groups in total. The van der Waals surface area contributed by atoms with Gasteiger partial charge in [-0.05, 0) is 83.6 Å². The largest absolute Gasteiger partial charge is 0.451 e. The van der Waals surface area contributed by atoms with Gasteiger partial charge < -0.3 is 9.73 Å². The molecule has 0 bridgehead atoms. The van der Waals surface area contributed by atoms with Crippen molar-refractivity contribution in [2.45, 2.75) is 13.8 Å². The zero-order chi connectivity index (χ0) is 16.6. The van der Waals surface area contributed by atoms with Crippen molar-refractivity contribution >= 4 is 73.1 Å². The van der Waals surface area contributed by atoms with Crippen molar-refractivity contribution in [1.82, 2.24) is 5.32 Å². The summed E-state index contributed by atoms with van der Waals surface area (Å²) < 4.78 is 7.33. The molecule has 7 heteroatoms. The van der Waals surface area contributed by atoms with Gasteiger partial charge in [-0.1, -0.05) is 15.9 Å². The second-order valence-corrected chi connectivity index (χ2v) is 7.90. The summed E-state index contributed by atoms with van der Waals surface area (Å²) in [5, 5.41) is 3.36. The van der Waals surface area contributed by atoms with Crippen molar-refractivity contribution in [3.63, 3.8) is 0 Å².